The number of nitrogen functional groups attached to an aromatic ring is 1. The van der Waals surface area contributed by atoms with Crippen LogP contribution in [0.5, 0.6) is 0 Å². The Labute approximate surface area is 188 Å². The van der Waals surface area contributed by atoms with Gasteiger partial charge < -0.3 is 30.9 Å². The van der Waals surface area contributed by atoms with E-state index in [9.17, 15) is 24.3 Å². The Morgan fingerprint density at radius 2 is 2.19 bits per heavy atom. The van der Waals surface area contributed by atoms with Crippen molar-refractivity contribution in [1.82, 2.24) is 15.2 Å². The third kappa shape index (κ3) is 4.45. The van der Waals surface area contributed by atoms with E-state index in [4.69, 9.17) is 22.4 Å². The molecule has 4 N–H and O–H groups in total. The summed E-state index contributed by atoms with van der Waals surface area (Å²) in [5.74, 6) is -3.99. The second-order valence-electron chi connectivity index (χ2n) is 6.24. The molecule has 2 atom stereocenters. The lowest BCUT2D eigenvalue weighted by Crippen LogP contribution is -2.71. The molecule has 2 aliphatic heterocycles. The number of fused-ring (bicyclic) bond motifs is 1. The van der Waals surface area contributed by atoms with Gasteiger partial charge in [-0.15, -0.1) is 11.8 Å². The minimum Gasteiger partial charge on any atom is -0.543 e. The van der Waals surface area contributed by atoms with E-state index in [1.165, 1.54) is 11.8 Å². The first-order valence-electron chi connectivity index (χ1n) is 8.68. The summed E-state index contributed by atoms with van der Waals surface area (Å²) in [5, 5.41) is 25.5. The molecule has 3 heterocycles. The Hall–Kier alpha value is -2.84. The van der Waals surface area contributed by atoms with Crippen LogP contribution < -0.4 is 16.2 Å². The molecule has 0 saturated carbocycles. The van der Waals surface area contributed by atoms with Gasteiger partial charge >= 0.3 is 5.97 Å². The molecule has 2 aliphatic rings. The van der Waals surface area contributed by atoms with Gasteiger partial charge in [-0.2, -0.15) is 0 Å². The first-order chi connectivity index (χ1) is 14.6. The summed E-state index contributed by atoms with van der Waals surface area (Å²) in [5.41, 5.74) is 5.34. The van der Waals surface area contributed by atoms with Gasteiger partial charge in [0.2, 0.25) is 6.61 Å². The minimum absolute atomic E-state index is 0.00804. The summed E-state index contributed by atoms with van der Waals surface area (Å²) in [4.78, 5) is 57.2. The monoisotopic (exact) mass is 488 g/mol. The van der Waals surface area contributed by atoms with Gasteiger partial charge in [-0.1, -0.05) is 35.0 Å². The summed E-state index contributed by atoms with van der Waals surface area (Å²) in [6.45, 7) is 0.939. The standard InChI is InChI=1S/C16H16ClN5O7S2/c1-2-5-4-30-14-9(13(26)22(14)10(5)15(27)28)19-12(25)8(21-29-3-6(23)24)7-11(17)31-16(18)20-7/h9,14H,2-4H2,1H3,(H2,18,20)(H,19,25)(H,23,24)(H,27,28)/p-1/b21-8-. The lowest BCUT2D eigenvalue weighted by Gasteiger charge is -2.50. The predicted molar refractivity (Wildman–Crippen MR) is 109 cm³/mol. The molecule has 1 aromatic rings. The van der Waals surface area contributed by atoms with E-state index in [2.05, 4.69) is 20.3 Å². The number of carbonyl (C=O) groups excluding carboxylic acids is 3. The number of aromatic nitrogens is 1. The maximum atomic E-state index is 12.8. The summed E-state index contributed by atoms with van der Waals surface area (Å²) in [6.07, 6.45) is 0.436. The molecule has 1 aromatic heterocycles. The van der Waals surface area contributed by atoms with Crippen LogP contribution in [0.1, 0.15) is 19.0 Å². The number of oxime groups is 1. The lowest BCUT2D eigenvalue weighted by atomic mass is 10.0. The molecular weight excluding hydrogens is 474 g/mol. The van der Waals surface area contributed by atoms with Gasteiger partial charge in [-0.05, 0) is 12.0 Å². The quantitative estimate of drug-likeness (QED) is 0.232. The Morgan fingerprint density at radius 3 is 2.74 bits per heavy atom. The number of β-lactam (4-membered cyclic amide) rings is 1. The summed E-state index contributed by atoms with van der Waals surface area (Å²) < 4.78 is 0.00804. The van der Waals surface area contributed by atoms with Crippen LogP contribution in [0.15, 0.2) is 16.4 Å². The van der Waals surface area contributed by atoms with Crippen LogP contribution in [0.4, 0.5) is 5.13 Å². The zero-order valence-corrected chi connectivity index (χ0v) is 18.2. The van der Waals surface area contributed by atoms with Crippen molar-refractivity contribution in [3.8, 4) is 0 Å². The van der Waals surface area contributed by atoms with Crippen molar-refractivity contribution in [3.05, 3.63) is 21.3 Å². The van der Waals surface area contributed by atoms with E-state index in [1.54, 1.807) is 6.92 Å². The third-order valence-corrected chi connectivity index (χ3v) is 6.76. The number of nitrogens with two attached hydrogens (primary N) is 1. The largest absolute Gasteiger partial charge is 0.543 e. The number of hydrogen-bond acceptors (Lipinski definition) is 11. The Bertz CT molecular complexity index is 1020. The van der Waals surface area contributed by atoms with Crippen molar-refractivity contribution >= 4 is 69.3 Å². The predicted octanol–water partition coefficient (Wildman–Crippen LogP) is -1.00. The van der Waals surface area contributed by atoms with E-state index in [1.807, 2.05) is 0 Å². The van der Waals surface area contributed by atoms with Gasteiger partial charge in [0.1, 0.15) is 21.4 Å². The highest BCUT2D eigenvalue weighted by molar-refractivity contribution is 8.00. The molecule has 3 rings (SSSR count). The van der Waals surface area contributed by atoms with Gasteiger partial charge in [-0.25, -0.2) is 9.78 Å². The Kier molecular flexibility index (Phi) is 6.71. The molecule has 1 saturated heterocycles. The number of amides is 2. The smallest absolute Gasteiger partial charge is 0.344 e. The highest BCUT2D eigenvalue weighted by atomic mass is 35.5. The number of anilines is 1. The van der Waals surface area contributed by atoms with Crippen molar-refractivity contribution in [1.29, 1.82) is 0 Å². The minimum atomic E-state index is -1.46. The summed E-state index contributed by atoms with van der Waals surface area (Å²) in [6, 6.07) is -1.05. The van der Waals surface area contributed by atoms with Gasteiger partial charge in [0.05, 0.1) is 11.7 Å². The van der Waals surface area contributed by atoms with Crippen LogP contribution in [-0.4, -0.2) is 68.2 Å². The van der Waals surface area contributed by atoms with Crippen molar-refractivity contribution in [2.75, 3.05) is 18.1 Å². The number of carboxylic acid groups (broad SMARTS) is 2. The molecule has 12 nitrogen and oxygen atoms in total. The molecule has 166 valence electrons. The molecular formula is C16H15ClN5O7S2-. The highest BCUT2D eigenvalue weighted by Gasteiger charge is 2.53. The number of thiazole rings is 1. The van der Waals surface area contributed by atoms with Crippen LogP contribution in [0, 0.1) is 0 Å². The maximum Gasteiger partial charge on any atom is 0.344 e. The van der Waals surface area contributed by atoms with Crippen LogP contribution in [-0.2, 0) is 24.0 Å². The molecule has 0 aromatic carbocycles. The fraction of sp³-hybridized carbons (Fsp3) is 0.375. The van der Waals surface area contributed by atoms with E-state index in [-0.39, 0.29) is 20.9 Å². The number of nitrogens with one attached hydrogen (secondary N) is 1. The van der Waals surface area contributed by atoms with Crippen LogP contribution in [0.3, 0.4) is 0 Å². The van der Waals surface area contributed by atoms with Crippen molar-refractivity contribution < 1.29 is 34.2 Å². The molecule has 2 unspecified atom stereocenters. The fourth-order valence-electron chi connectivity index (χ4n) is 2.96. The van der Waals surface area contributed by atoms with Crippen molar-refractivity contribution in [2.24, 2.45) is 5.16 Å². The average Bonchev–Trinajstić information content (AvgIpc) is 3.05. The lowest BCUT2D eigenvalue weighted by molar-refractivity contribution is -0.301. The third-order valence-electron chi connectivity index (χ3n) is 4.34. The SMILES string of the molecule is CCC1=C(C(=O)[O-])N2C(=O)C(NC(=O)/C(=N\OCC(=O)O)c3nc(N)sc3Cl)C2SC1. The summed E-state index contributed by atoms with van der Waals surface area (Å²) >= 11 is 8.17. The van der Waals surface area contributed by atoms with E-state index >= 15 is 0 Å². The second-order valence-corrected chi connectivity index (χ2v) is 8.97. The summed E-state index contributed by atoms with van der Waals surface area (Å²) in [7, 11) is 0. The topological polar surface area (TPSA) is 187 Å². The van der Waals surface area contributed by atoms with Crippen molar-refractivity contribution in [3.63, 3.8) is 0 Å². The molecule has 0 radical (unpaired) electrons. The van der Waals surface area contributed by atoms with Gasteiger partial charge in [0.15, 0.2) is 10.8 Å². The Morgan fingerprint density at radius 1 is 1.48 bits per heavy atom. The fourth-order valence-corrected chi connectivity index (χ4v) is 5.34. The molecule has 2 amide bonds. The number of halogens is 1. The normalized spacial score (nSPS) is 20.8. The number of hydrogen-bond donors (Lipinski definition) is 3. The molecule has 31 heavy (non-hydrogen) atoms. The molecule has 0 bridgehead atoms. The zero-order valence-electron chi connectivity index (χ0n) is 15.8. The zero-order chi connectivity index (χ0) is 22.9. The highest BCUT2D eigenvalue weighted by Crippen LogP contribution is 2.40. The van der Waals surface area contributed by atoms with Gasteiger partial charge in [-0.3, -0.25) is 14.5 Å². The number of carbonyl (C=O) groups is 4. The van der Waals surface area contributed by atoms with Crippen LogP contribution in [0.25, 0.3) is 0 Å². The molecule has 0 aliphatic carbocycles. The number of nitrogens with zero attached hydrogens (tertiary/aromatic N) is 3. The first kappa shape index (κ1) is 22.8. The molecule has 1 fully saturated rings. The second kappa shape index (κ2) is 9.11. The van der Waals surface area contributed by atoms with Crippen LogP contribution >= 0.6 is 34.7 Å². The van der Waals surface area contributed by atoms with E-state index in [0.29, 0.717) is 17.7 Å². The number of aliphatic carboxylic acids is 2. The molecule has 15 heteroatoms. The number of thioether (sulfide) groups is 1. The van der Waals surface area contributed by atoms with Crippen LogP contribution in [0.2, 0.25) is 4.34 Å². The van der Waals surface area contributed by atoms with Gasteiger partial charge in [0, 0.05) is 5.75 Å². The Balaban J connectivity index is 1.82. The number of rotatable bonds is 8. The molecule has 0 spiro atoms. The maximum absolute atomic E-state index is 12.8. The van der Waals surface area contributed by atoms with Crippen molar-refractivity contribution in [2.45, 2.75) is 24.8 Å². The van der Waals surface area contributed by atoms with E-state index < -0.39 is 47.5 Å². The van der Waals surface area contributed by atoms with E-state index in [0.717, 1.165) is 16.2 Å². The van der Waals surface area contributed by atoms with Gasteiger partial charge in [0.25, 0.3) is 11.8 Å². The number of carboxylic acids is 2. The first-order valence-corrected chi connectivity index (χ1v) is 10.9. The average molecular weight is 489 g/mol.